The van der Waals surface area contributed by atoms with Gasteiger partial charge in [0.15, 0.2) is 0 Å². The molecule has 0 atom stereocenters. The quantitative estimate of drug-likeness (QED) is 0.609. The van der Waals surface area contributed by atoms with E-state index in [2.05, 4.69) is 5.32 Å². The van der Waals surface area contributed by atoms with Crippen LogP contribution in [0.15, 0.2) is 59.5 Å². The van der Waals surface area contributed by atoms with E-state index in [-0.39, 0.29) is 18.4 Å². The average molecular weight is 375 g/mol. The number of hydrogen-bond acceptors (Lipinski definition) is 3. The van der Waals surface area contributed by atoms with Gasteiger partial charge in [-0.15, -0.1) is 11.8 Å². The number of para-hydroxylation sites is 1. The van der Waals surface area contributed by atoms with Gasteiger partial charge in [-0.25, -0.2) is 0 Å². The van der Waals surface area contributed by atoms with Crippen LogP contribution in [0.2, 0.25) is 5.02 Å². The fourth-order valence-electron chi connectivity index (χ4n) is 2.14. The molecule has 6 heteroatoms. The SMILES string of the molecule is CSc1ccccc1NC(=O)CN(C)C(=O)/C=C/c1cccc(Cl)c1. The molecular weight excluding hydrogens is 356 g/mol. The zero-order chi connectivity index (χ0) is 18.2. The summed E-state index contributed by atoms with van der Waals surface area (Å²) < 4.78 is 0. The van der Waals surface area contributed by atoms with E-state index in [4.69, 9.17) is 11.6 Å². The molecule has 4 nitrogen and oxygen atoms in total. The molecule has 0 spiro atoms. The van der Waals surface area contributed by atoms with Crippen molar-refractivity contribution in [3.8, 4) is 0 Å². The molecule has 0 aromatic heterocycles. The predicted octanol–water partition coefficient (Wildman–Crippen LogP) is 4.17. The first-order chi connectivity index (χ1) is 12.0. The van der Waals surface area contributed by atoms with Crippen LogP contribution in [0, 0.1) is 0 Å². The van der Waals surface area contributed by atoms with Gasteiger partial charge in [0.05, 0.1) is 12.2 Å². The number of rotatable bonds is 6. The van der Waals surface area contributed by atoms with Gasteiger partial charge < -0.3 is 10.2 Å². The van der Waals surface area contributed by atoms with Crippen LogP contribution < -0.4 is 5.32 Å². The number of benzene rings is 2. The minimum Gasteiger partial charge on any atom is -0.333 e. The predicted molar refractivity (Wildman–Crippen MR) is 105 cm³/mol. The molecule has 0 bridgehead atoms. The summed E-state index contributed by atoms with van der Waals surface area (Å²) in [5.41, 5.74) is 1.57. The Morgan fingerprint density at radius 2 is 1.96 bits per heavy atom. The lowest BCUT2D eigenvalue weighted by molar-refractivity contribution is -0.129. The number of nitrogens with one attached hydrogen (secondary N) is 1. The second-order valence-electron chi connectivity index (χ2n) is 5.33. The Hall–Kier alpha value is -2.24. The van der Waals surface area contributed by atoms with Crippen LogP contribution in [-0.2, 0) is 9.59 Å². The Morgan fingerprint density at radius 3 is 2.68 bits per heavy atom. The number of likely N-dealkylation sites (N-methyl/N-ethyl adjacent to an activating group) is 1. The third-order valence-electron chi connectivity index (χ3n) is 3.41. The Balaban J connectivity index is 1.93. The number of carbonyl (C=O) groups is 2. The smallest absolute Gasteiger partial charge is 0.246 e. The van der Waals surface area contributed by atoms with Crippen LogP contribution in [0.5, 0.6) is 0 Å². The van der Waals surface area contributed by atoms with Crippen molar-refractivity contribution in [2.24, 2.45) is 0 Å². The molecule has 1 N–H and O–H groups in total. The Morgan fingerprint density at radius 1 is 1.20 bits per heavy atom. The minimum atomic E-state index is -0.256. The van der Waals surface area contributed by atoms with Crippen molar-refractivity contribution in [1.82, 2.24) is 4.90 Å². The van der Waals surface area contributed by atoms with Gasteiger partial charge in [0.25, 0.3) is 0 Å². The van der Waals surface area contributed by atoms with Crippen LogP contribution in [-0.4, -0.2) is 36.6 Å². The Labute approximate surface area is 156 Å². The number of amides is 2. The van der Waals surface area contributed by atoms with Crippen molar-refractivity contribution in [3.05, 3.63) is 65.2 Å². The highest BCUT2D eigenvalue weighted by atomic mass is 35.5. The lowest BCUT2D eigenvalue weighted by atomic mass is 10.2. The second-order valence-corrected chi connectivity index (χ2v) is 6.62. The molecule has 0 unspecified atom stereocenters. The summed E-state index contributed by atoms with van der Waals surface area (Å²) in [5.74, 6) is -0.498. The molecule has 0 aliphatic carbocycles. The zero-order valence-electron chi connectivity index (χ0n) is 14.0. The van der Waals surface area contributed by atoms with Gasteiger partial charge in [-0.05, 0) is 42.2 Å². The molecule has 0 radical (unpaired) electrons. The summed E-state index contributed by atoms with van der Waals surface area (Å²) in [6.45, 7) is -0.0264. The van der Waals surface area contributed by atoms with Crippen molar-refractivity contribution in [2.45, 2.75) is 4.90 Å². The zero-order valence-corrected chi connectivity index (χ0v) is 15.6. The standard InChI is InChI=1S/C19H19ClN2O2S/c1-22(19(24)11-10-14-6-5-7-15(20)12-14)13-18(23)21-16-8-3-4-9-17(16)25-2/h3-12H,13H2,1-2H3,(H,21,23)/b11-10+. The molecule has 130 valence electrons. The molecule has 0 heterocycles. The van der Waals surface area contributed by atoms with Gasteiger partial charge >= 0.3 is 0 Å². The van der Waals surface area contributed by atoms with Gasteiger partial charge in [-0.2, -0.15) is 0 Å². The molecule has 2 aromatic rings. The van der Waals surface area contributed by atoms with Crippen LogP contribution in [0.4, 0.5) is 5.69 Å². The Bertz CT molecular complexity index is 792. The second kappa shape index (κ2) is 9.30. The molecule has 0 fully saturated rings. The number of anilines is 1. The highest BCUT2D eigenvalue weighted by Crippen LogP contribution is 2.24. The molecule has 2 rings (SSSR count). The minimum absolute atomic E-state index is 0.0264. The van der Waals surface area contributed by atoms with E-state index in [1.54, 1.807) is 37.0 Å². The van der Waals surface area contributed by atoms with Gasteiger partial charge in [-0.1, -0.05) is 35.9 Å². The first-order valence-corrected chi connectivity index (χ1v) is 9.21. The lowest BCUT2D eigenvalue weighted by Crippen LogP contribution is -2.33. The number of carbonyl (C=O) groups excluding carboxylic acids is 2. The first kappa shape index (κ1) is 19.1. The third kappa shape index (κ3) is 5.96. The van der Waals surface area contributed by atoms with E-state index in [9.17, 15) is 9.59 Å². The molecule has 0 saturated carbocycles. The molecule has 0 saturated heterocycles. The fourth-order valence-corrected chi connectivity index (χ4v) is 2.89. The molecule has 0 aliphatic rings. The molecule has 2 amide bonds. The maximum absolute atomic E-state index is 12.2. The van der Waals surface area contributed by atoms with Crippen molar-refractivity contribution < 1.29 is 9.59 Å². The van der Waals surface area contributed by atoms with Crippen LogP contribution >= 0.6 is 23.4 Å². The number of halogens is 1. The van der Waals surface area contributed by atoms with Crippen molar-refractivity contribution >= 4 is 46.9 Å². The third-order valence-corrected chi connectivity index (χ3v) is 4.44. The molecule has 25 heavy (non-hydrogen) atoms. The summed E-state index contributed by atoms with van der Waals surface area (Å²) in [4.78, 5) is 26.6. The topological polar surface area (TPSA) is 49.4 Å². The maximum Gasteiger partial charge on any atom is 0.246 e. The van der Waals surface area contributed by atoms with Crippen molar-refractivity contribution in [3.63, 3.8) is 0 Å². The van der Waals surface area contributed by atoms with E-state index >= 15 is 0 Å². The van der Waals surface area contributed by atoms with Gasteiger partial charge in [-0.3, -0.25) is 9.59 Å². The van der Waals surface area contributed by atoms with E-state index in [0.717, 1.165) is 16.1 Å². The fraction of sp³-hybridized carbons (Fsp3) is 0.158. The average Bonchev–Trinajstić information content (AvgIpc) is 2.60. The van der Waals surface area contributed by atoms with Gasteiger partial charge in [0.1, 0.15) is 0 Å². The van der Waals surface area contributed by atoms with Crippen LogP contribution in [0.1, 0.15) is 5.56 Å². The van der Waals surface area contributed by atoms with E-state index in [1.165, 1.54) is 11.0 Å². The summed E-state index contributed by atoms with van der Waals surface area (Å²) in [5, 5.41) is 3.44. The van der Waals surface area contributed by atoms with E-state index in [0.29, 0.717) is 5.02 Å². The van der Waals surface area contributed by atoms with Crippen molar-refractivity contribution in [2.75, 3.05) is 25.2 Å². The summed E-state index contributed by atoms with van der Waals surface area (Å²) >= 11 is 7.46. The number of nitrogens with zero attached hydrogens (tertiary/aromatic N) is 1. The molecule has 2 aromatic carbocycles. The molecule has 0 aliphatic heterocycles. The van der Waals surface area contributed by atoms with E-state index in [1.807, 2.05) is 42.7 Å². The highest BCUT2D eigenvalue weighted by molar-refractivity contribution is 7.98. The monoisotopic (exact) mass is 374 g/mol. The summed E-state index contributed by atoms with van der Waals surface area (Å²) in [6.07, 6.45) is 5.04. The highest BCUT2D eigenvalue weighted by Gasteiger charge is 2.12. The van der Waals surface area contributed by atoms with Crippen molar-refractivity contribution in [1.29, 1.82) is 0 Å². The maximum atomic E-state index is 12.2. The number of thioether (sulfide) groups is 1. The Kier molecular flexibility index (Phi) is 7.10. The van der Waals surface area contributed by atoms with E-state index < -0.39 is 0 Å². The lowest BCUT2D eigenvalue weighted by Gasteiger charge is -2.15. The summed E-state index contributed by atoms with van der Waals surface area (Å²) in [6, 6.07) is 14.7. The molecular formula is C19H19ClN2O2S. The first-order valence-electron chi connectivity index (χ1n) is 7.61. The summed E-state index contributed by atoms with van der Waals surface area (Å²) in [7, 11) is 1.59. The normalized spacial score (nSPS) is 10.7. The number of hydrogen-bond donors (Lipinski definition) is 1. The van der Waals surface area contributed by atoms with Gasteiger partial charge in [0.2, 0.25) is 11.8 Å². The van der Waals surface area contributed by atoms with Gasteiger partial charge in [0, 0.05) is 23.0 Å². The van der Waals surface area contributed by atoms with Crippen LogP contribution in [0.25, 0.3) is 6.08 Å². The van der Waals surface area contributed by atoms with Crippen LogP contribution in [0.3, 0.4) is 0 Å². The largest absolute Gasteiger partial charge is 0.333 e.